The minimum absolute atomic E-state index is 0.137. The van der Waals surface area contributed by atoms with E-state index in [-0.39, 0.29) is 23.1 Å². The molecule has 0 bridgehead atoms. The third kappa shape index (κ3) is 53.2. The number of ketones is 5. The molecule has 0 atom stereocenters. The molecule has 0 aliphatic rings. The highest BCUT2D eigenvalue weighted by Crippen LogP contribution is 2.18. The van der Waals surface area contributed by atoms with E-state index in [9.17, 15) is 28.8 Å². The molecule has 6 nitrogen and oxygen atoms in total. The van der Waals surface area contributed by atoms with E-state index in [2.05, 4.69) is 0 Å². The van der Waals surface area contributed by atoms with Crippen LogP contribution >= 0.6 is 0 Å². The first-order chi connectivity index (χ1) is 32.9. The highest BCUT2D eigenvalue weighted by Gasteiger charge is 2.14. The van der Waals surface area contributed by atoms with Gasteiger partial charge in [0.25, 0.3) is 0 Å². The maximum atomic E-state index is 12.3. The van der Waals surface area contributed by atoms with Crippen molar-refractivity contribution in [2.45, 2.75) is 354 Å². The molecule has 0 aromatic heterocycles. The maximum absolute atomic E-state index is 12.3. The van der Waals surface area contributed by atoms with Crippen molar-refractivity contribution in [2.75, 3.05) is 0 Å². The van der Waals surface area contributed by atoms with Crippen LogP contribution in [0, 0.1) is 0 Å². The molecule has 0 spiro atoms. The molecule has 67 heavy (non-hydrogen) atoms. The minimum atomic E-state index is -0.137. The lowest BCUT2D eigenvalue weighted by atomic mass is 10.0. The molecule has 6 heteroatoms. The van der Waals surface area contributed by atoms with E-state index < -0.39 is 0 Å². The number of hydrogen-bond acceptors (Lipinski definition) is 6. The van der Waals surface area contributed by atoms with Gasteiger partial charge in [0.15, 0.2) is 23.1 Å². The fourth-order valence-corrected chi connectivity index (χ4v) is 9.73. The van der Waals surface area contributed by atoms with E-state index in [1.807, 2.05) is 0 Å². The third-order valence-corrected chi connectivity index (χ3v) is 14.3. The fraction of sp³-hybridized carbons (Fsp3) is 0.902. The van der Waals surface area contributed by atoms with Crippen LogP contribution in [0.25, 0.3) is 0 Å². The summed E-state index contributed by atoms with van der Waals surface area (Å²) in [6, 6.07) is 0. The van der Waals surface area contributed by atoms with Gasteiger partial charge < -0.3 is 9.59 Å². The third-order valence-electron chi connectivity index (χ3n) is 14.3. The van der Waals surface area contributed by atoms with E-state index in [1.165, 1.54) is 244 Å². The summed E-state index contributed by atoms with van der Waals surface area (Å²) in [5, 5.41) is 0. The summed E-state index contributed by atoms with van der Waals surface area (Å²) >= 11 is 0. The predicted molar refractivity (Wildman–Crippen MR) is 286 cm³/mol. The Kier molecular flexibility index (Phi) is 53.3. The fourth-order valence-electron chi connectivity index (χ4n) is 9.73. The SMILES string of the molecule is CC(=O)CCCCCCCCCCCCCCCCCCC(=O)C(=O)CCCCCCCCCCCCCCCCCCC(=O)C(=O)CCCCCCCCCCCCCCCCCCC=O. The zero-order valence-electron chi connectivity index (χ0n) is 44.7. The van der Waals surface area contributed by atoms with Crippen molar-refractivity contribution in [3.05, 3.63) is 0 Å². The van der Waals surface area contributed by atoms with Gasteiger partial charge in [-0.05, 0) is 45.4 Å². The molecule has 0 rings (SSSR count). The second kappa shape index (κ2) is 55.0. The molecule has 0 aromatic carbocycles. The first-order valence-electron chi connectivity index (χ1n) is 29.9. The smallest absolute Gasteiger partial charge is 0.198 e. The summed E-state index contributed by atoms with van der Waals surface area (Å²) in [6.45, 7) is 1.69. The number of carbonyl (C=O) groups is 6. The molecule has 0 heterocycles. The number of Topliss-reactive ketones (excluding diaryl/α,β-unsaturated/α-hetero) is 5. The van der Waals surface area contributed by atoms with Gasteiger partial charge in [0.1, 0.15) is 12.1 Å². The first kappa shape index (κ1) is 65.0. The molecular weight excluding hydrogens is 829 g/mol. The zero-order chi connectivity index (χ0) is 48.8. The van der Waals surface area contributed by atoms with Gasteiger partial charge in [0.05, 0.1) is 0 Å². The lowest BCUT2D eigenvalue weighted by Crippen LogP contribution is -2.13. The average molecular weight is 942 g/mol. The van der Waals surface area contributed by atoms with Gasteiger partial charge in [0.2, 0.25) is 0 Å². The van der Waals surface area contributed by atoms with Crippen molar-refractivity contribution in [2.24, 2.45) is 0 Å². The largest absolute Gasteiger partial charge is 0.303 e. The van der Waals surface area contributed by atoms with Gasteiger partial charge in [-0.15, -0.1) is 0 Å². The predicted octanol–water partition coefficient (Wildman–Crippen LogP) is 19.1. The molecule has 0 unspecified atom stereocenters. The Morgan fingerprint density at radius 1 is 0.209 bits per heavy atom. The van der Waals surface area contributed by atoms with Gasteiger partial charge in [-0.2, -0.15) is 0 Å². The van der Waals surface area contributed by atoms with Crippen molar-refractivity contribution < 1.29 is 28.8 Å². The molecule has 0 aliphatic heterocycles. The number of hydrogen-bond donors (Lipinski definition) is 0. The topological polar surface area (TPSA) is 102 Å². The standard InChI is InChI=1S/C61H112O6/c1-57(63)51-45-39-33-27-21-15-9-4-5-11-17-23-29-35-41-47-53-59(65)61(67)55-49-43-37-31-25-19-13-7-6-12-18-24-30-36-42-48-54-60(66)58(64)52-46-40-34-28-22-16-10-3-2-8-14-20-26-32-38-44-50-56-62/h56H,2-55H2,1H3. The van der Waals surface area contributed by atoms with Crippen LogP contribution in [-0.4, -0.2) is 35.2 Å². The lowest BCUT2D eigenvalue weighted by Gasteiger charge is -2.05. The summed E-state index contributed by atoms with van der Waals surface area (Å²) in [6.07, 6.45) is 63.4. The van der Waals surface area contributed by atoms with Gasteiger partial charge in [-0.3, -0.25) is 19.2 Å². The second-order valence-corrected chi connectivity index (χ2v) is 21.1. The molecule has 0 N–H and O–H groups in total. The van der Waals surface area contributed by atoms with Crippen molar-refractivity contribution in [1.29, 1.82) is 0 Å². The minimum Gasteiger partial charge on any atom is -0.303 e. The maximum Gasteiger partial charge on any atom is 0.198 e. The van der Waals surface area contributed by atoms with Crippen LogP contribution in [-0.2, 0) is 28.8 Å². The van der Waals surface area contributed by atoms with Crippen LogP contribution in [0.3, 0.4) is 0 Å². The lowest BCUT2D eigenvalue weighted by molar-refractivity contribution is -0.136. The highest BCUT2D eigenvalue weighted by molar-refractivity contribution is 6.37. The van der Waals surface area contributed by atoms with Crippen LogP contribution in [0.15, 0.2) is 0 Å². The molecule has 0 saturated heterocycles. The van der Waals surface area contributed by atoms with Crippen LogP contribution in [0.4, 0.5) is 0 Å². The van der Waals surface area contributed by atoms with E-state index in [0.717, 1.165) is 83.3 Å². The first-order valence-corrected chi connectivity index (χ1v) is 29.9. The molecule has 0 aliphatic carbocycles. The molecular formula is C61H112O6. The van der Waals surface area contributed by atoms with E-state index in [0.29, 0.717) is 31.5 Å². The summed E-state index contributed by atoms with van der Waals surface area (Å²) in [5.41, 5.74) is 0. The Bertz CT molecular complexity index is 1130. The summed E-state index contributed by atoms with van der Waals surface area (Å²) in [7, 11) is 0. The molecule has 0 aromatic rings. The second-order valence-electron chi connectivity index (χ2n) is 21.1. The van der Waals surface area contributed by atoms with Gasteiger partial charge >= 0.3 is 0 Å². The average Bonchev–Trinajstić information content (AvgIpc) is 3.32. The van der Waals surface area contributed by atoms with Crippen molar-refractivity contribution in [1.82, 2.24) is 0 Å². The number of rotatable bonds is 59. The van der Waals surface area contributed by atoms with Crippen LogP contribution in [0.5, 0.6) is 0 Å². The van der Waals surface area contributed by atoms with Crippen molar-refractivity contribution in [3.63, 3.8) is 0 Å². The van der Waals surface area contributed by atoms with Crippen LogP contribution in [0.2, 0.25) is 0 Å². The van der Waals surface area contributed by atoms with Gasteiger partial charge in [-0.1, -0.05) is 270 Å². The van der Waals surface area contributed by atoms with Crippen molar-refractivity contribution in [3.8, 4) is 0 Å². The zero-order valence-corrected chi connectivity index (χ0v) is 44.7. The Balaban J connectivity index is 3.34. The summed E-state index contributed by atoms with van der Waals surface area (Å²) in [4.78, 5) is 70.4. The Hall–Kier alpha value is -1.98. The number of carbonyl (C=O) groups excluding carboxylic acids is 6. The summed E-state index contributed by atoms with van der Waals surface area (Å²) in [5.74, 6) is -0.225. The normalized spacial score (nSPS) is 11.4. The Labute approximate surface area is 416 Å². The van der Waals surface area contributed by atoms with E-state index >= 15 is 0 Å². The number of unbranched alkanes of at least 4 members (excludes halogenated alkanes) is 46. The van der Waals surface area contributed by atoms with Crippen LogP contribution in [0.1, 0.15) is 354 Å². The van der Waals surface area contributed by atoms with Crippen LogP contribution < -0.4 is 0 Å². The Morgan fingerprint density at radius 2 is 0.343 bits per heavy atom. The quantitative estimate of drug-likeness (QED) is 0.0342. The van der Waals surface area contributed by atoms with Gasteiger partial charge in [-0.25, -0.2) is 0 Å². The van der Waals surface area contributed by atoms with Crippen molar-refractivity contribution >= 4 is 35.2 Å². The molecule has 0 saturated carbocycles. The molecule has 0 fully saturated rings. The van der Waals surface area contributed by atoms with E-state index in [4.69, 9.17) is 0 Å². The Morgan fingerprint density at radius 3 is 0.493 bits per heavy atom. The van der Waals surface area contributed by atoms with E-state index in [1.54, 1.807) is 6.92 Å². The molecule has 392 valence electrons. The molecule has 0 amide bonds. The highest BCUT2D eigenvalue weighted by atomic mass is 16.2. The monoisotopic (exact) mass is 941 g/mol. The van der Waals surface area contributed by atoms with Gasteiger partial charge in [0, 0.05) is 38.5 Å². The summed E-state index contributed by atoms with van der Waals surface area (Å²) < 4.78 is 0. The number of aldehydes is 1. The molecule has 0 radical (unpaired) electrons.